The molecule has 3 aromatic rings. The van der Waals surface area contributed by atoms with Gasteiger partial charge in [0.2, 0.25) is 5.95 Å². The van der Waals surface area contributed by atoms with Crippen LogP contribution in [0, 0.1) is 12.7 Å². The summed E-state index contributed by atoms with van der Waals surface area (Å²) in [5.74, 6) is 0.0918. The molecule has 2 aromatic carbocycles. The van der Waals surface area contributed by atoms with Gasteiger partial charge in [-0.2, -0.15) is 0 Å². The van der Waals surface area contributed by atoms with E-state index in [-0.39, 0.29) is 11.7 Å². The number of para-hydroxylation sites is 1. The lowest BCUT2D eigenvalue weighted by Gasteiger charge is -2.36. The average molecular weight is 391 g/mol. The van der Waals surface area contributed by atoms with Crippen LogP contribution >= 0.6 is 0 Å². The molecule has 1 aliphatic heterocycles. The Bertz CT molecular complexity index is 1000. The van der Waals surface area contributed by atoms with E-state index in [2.05, 4.69) is 15.3 Å². The lowest BCUT2D eigenvalue weighted by atomic mass is 10.2. The van der Waals surface area contributed by atoms with E-state index < -0.39 is 0 Å². The van der Waals surface area contributed by atoms with Crippen molar-refractivity contribution in [3.8, 4) is 0 Å². The lowest BCUT2D eigenvalue weighted by molar-refractivity contribution is 0.0746. The first-order valence-electron chi connectivity index (χ1n) is 9.54. The number of hydrogen-bond acceptors (Lipinski definition) is 5. The molecule has 1 aliphatic rings. The number of amides is 1. The van der Waals surface area contributed by atoms with E-state index in [1.54, 1.807) is 17.0 Å². The maximum Gasteiger partial charge on any atom is 0.257 e. The normalized spacial score (nSPS) is 14.0. The third kappa shape index (κ3) is 4.34. The van der Waals surface area contributed by atoms with Crippen molar-refractivity contribution in [2.24, 2.45) is 0 Å². The smallest absolute Gasteiger partial charge is 0.257 e. The van der Waals surface area contributed by atoms with E-state index in [0.717, 1.165) is 11.3 Å². The number of carbonyl (C=O) groups is 1. The number of aryl methyl sites for hydroxylation is 1. The van der Waals surface area contributed by atoms with Crippen molar-refractivity contribution in [1.82, 2.24) is 14.9 Å². The van der Waals surface area contributed by atoms with Gasteiger partial charge in [0.25, 0.3) is 5.91 Å². The minimum Gasteiger partial charge on any atom is -0.366 e. The van der Waals surface area contributed by atoms with Gasteiger partial charge in [-0.15, -0.1) is 0 Å². The van der Waals surface area contributed by atoms with Gasteiger partial charge in [0, 0.05) is 44.3 Å². The zero-order chi connectivity index (χ0) is 20.2. The second-order valence-electron chi connectivity index (χ2n) is 7.02. The van der Waals surface area contributed by atoms with Crippen molar-refractivity contribution in [2.75, 3.05) is 36.4 Å². The molecule has 0 bridgehead atoms. The number of hydrogen-bond donors (Lipinski definition) is 1. The Morgan fingerprint density at radius 1 is 1.00 bits per heavy atom. The summed E-state index contributed by atoms with van der Waals surface area (Å²) in [6, 6.07) is 14.6. The molecule has 0 radical (unpaired) electrons. The Morgan fingerprint density at radius 2 is 1.72 bits per heavy atom. The van der Waals surface area contributed by atoms with Crippen LogP contribution in [-0.4, -0.2) is 47.0 Å². The minimum atomic E-state index is -0.239. The number of carbonyl (C=O) groups excluding carboxylic acids is 1. The molecule has 1 aromatic heterocycles. The molecule has 0 unspecified atom stereocenters. The first-order valence-corrected chi connectivity index (χ1v) is 9.54. The molecule has 7 heteroatoms. The Kier molecular flexibility index (Phi) is 5.37. The number of benzene rings is 2. The van der Waals surface area contributed by atoms with Crippen LogP contribution in [0.15, 0.2) is 60.9 Å². The maximum atomic E-state index is 14.0. The average Bonchev–Trinajstić information content (AvgIpc) is 2.74. The molecule has 1 saturated heterocycles. The van der Waals surface area contributed by atoms with Crippen LogP contribution in [0.3, 0.4) is 0 Å². The van der Waals surface area contributed by atoms with Crippen LogP contribution in [0.5, 0.6) is 0 Å². The van der Waals surface area contributed by atoms with Crippen molar-refractivity contribution in [3.05, 3.63) is 77.9 Å². The monoisotopic (exact) mass is 391 g/mol. The first kappa shape index (κ1) is 18.9. The third-order valence-corrected chi connectivity index (χ3v) is 4.93. The van der Waals surface area contributed by atoms with Crippen LogP contribution < -0.4 is 10.2 Å². The highest BCUT2D eigenvalue weighted by molar-refractivity contribution is 5.94. The fourth-order valence-electron chi connectivity index (χ4n) is 3.40. The van der Waals surface area contributed by atoms with E-state index in [4.69, 9.17) is 0 Å². The predicted molar refractivity (Wildman–Crippen MR) is 111 cm³/mol. The summed E-state index contributed by atoms with van der Waals surface area (Å²) in [5.41, 5.74) is 3.05. The Labute approximate surface area is 169 Å². The molecule has 1 fully saturated rings. The largest absolute Gasteiger partial charge is 0.366 e. The molecule has 2 heterocycles. The number of piperazine rings is 1. The van der Waals surface area contributed by atoms with Gasteiger partial charge in [0.05, 0.1) is 11.3 Å². The standard InChI is InChI=1S/C22H22FN5O/c1-16-5-4-6-18(13-16)26-22-24-14-17(15-25-22)21(29)28-11-9-27(10-12-28)20-8-3-2-7-19(20)23/h2-8,13-15H,9-12H2,1H3,(H,24,25,26). The number of rotatable bonds is 4. The molecule has 29 heavy (non-hydrogen) atoms. The molecular weight excluding hydrogens is 369 g/mol. The number of anilines is 3. The van der Waals surface area contributed by atoms with E-state index in [1.807, 2.05) is 42.2 Å². The van der Waals surface area contributed by atoms with Crippen molar-refractivity contribution >= 4 is 23.2 Å². The molecule has 0 atom stereocenters. The molecule has 1 N–H and O–H groups in total. The van der Waals surface area contributed by atoms with Gasteiger partial charge in [-0.25, -0.2) is 14.4 Å². The number of halogens is 1. The van der Waals surface area contributed by atoms with Crippen LogP contribution in [0.25, 0.3) is 0 Å². The summed E-state index contributed by atoms with van der Waals surface area (Å²) >= 11 is 0. The van der Waals surface area contributed by atoms with Crippen molar-refractivity contribution in [3.63, 3.8) is 0 Å². The third-order valence-electron chi connectivity index (χ3n) is 4.93. The highest BCUT2D eigenvalue weighted by atomic mass is 19.1. The summed E-state index contributed by atoms with van der Waals surface area (Å²) in [4.78, 5) is 25.0. The first-order chi connectivity index (χ1) is 14.1. The Morgan fingerprint density at radius 3 is 2.41 bits per heavy atom. The fraction of sp³-hybridized carbons (Fsp3) is 0.227. The molecular formula is C22H22FN5O. The predicted octanol–water partition coefficient (Wildman–Crippen LogP) is 3.63. The second kappa shape index (κ2) is 8.26. The zero-order valence-corrected chi connectivity index (χ0v) is 16.2. The topological polar surface area (TPSA) is 61.4 Å². The van der Waals surface area contributed by atoms with Gasteiger partial charge in [0.15, 0.2) is 0 Å². The Balaban J connectivity index is 1.37. The minimum absolute atomic E-state index is 0.111. The van der Waals surface area contributed by atoms with Crippen molar-refractivity contribution < 1.29 is 9.18 Å². The number of nitrogens with zero attached hydrogens (tertiary/aromatic N) is 4. The summed E-state index contributed by atoms with van der Waals surface area (Å²) < 4.78 is 14.0. The summed E-state index contributed by atoms with van der Waals surface area (Å²) in [7, 11) is 0. The van der Waals surface area contributed by atoms with Crippen molar-refractivity contribution in [2.45, 2.75) is 6.92 Å². The van der Waals surface area contributed by atoms with Gasteiger partial charge in [0.1, 0.15) is 5.82 Å². The molecule has 0 spiro atoms. The Hall–Kier alpha value is -3.48. The van der Waals surface area contributed by atoms with Gasteiger partial charge in [-0.05, 0) is 36.8 Å². The maximum absolute atomic E-state index is 14.0. The summed E-state index contributed by atoms with van der Waals surface area (Å²) in [5, 5.41) is 3.13. The van der Waals surface area contributed by atoms with Gasteiger partial charge in [-0.3, -0.25) is 4.79 Å². The van der Waals surface area contributed by atoms with E-state index >= 15 is 0 Å². The molecule has 148 valence electrons. The number of nitrogens with one attached hydrogen (secondary N) is 1. The SMILES string of the molecule is Cc1cccc(Nc2ncc(C(=O)N3CCN(c4ccccc4F)CC3)cn2)c1. The van der Waals surface area contributed by atoms with Gasteiger partial charge in [-0.1, -0.05) is 24.3 Å². The highest BCUT2D eigenvalue weighted by Gasteiger charge is 2.24. The van der Waals surface area contributed by atoms with Gasteiger partial charge >= 0.3 is 0 Å². The molecule has 0 aliphatic carbocycles. The summed E-state index contributed by atoms with van der Waals surface area (Å²) in [6.45, 7) is 4.23. The van der Waals surface area contributed by atoms with Gasteiger partial charge < -0.3 is 15.1 Å². The second-order valence-corrected chi connectivity index (χ2v) is 7.02. The molecule has 6 nitrogen and oxygen atoms in total. The molecule has 1 amide bonds. The van der Waals surface area contributed by atoms with Crippen LogP contribution in [0.2, 0.25) is 0 Å². The summed E-state index contributed by atoms with van der Waals surface area (Å²) in [6.07, 6.45) is 3.08. The van der Waals surface area contributed by atoms with E-state index in [9.17, 15) is 9.18 Å². The van der Waals surface area contributed by atoms with Crippen LogP contribution in [-0.2, 0) is 0 Å². The van der Waals surface area contributed by atoms with Crippen molar-refractivity contribution in [1.29, 1.82) is 0 Å². The van der Waals surface area contributed by atoms with E-state index in [0.29, 0.717) is 43.4 Å². The van der Waals surface area contributed by atoms with E-state index in [1.165, 1.54) is 18.5 Å². The molecule has 0 saturated carbocycles. The quantitative estimate of drug-likeness (QED) is 0.736. The van der Waals surface area contributed by atoms with Crippen LogP contribution in [0.4, 0.5) is 21.7 Å². The number of aromatic nitrogens is 2. The lowest BCUT2D eigenvalue weighted by Crippen LogP contribution is -2.49. The fourth-order valence-corrected chi connectivity index (χ4v) is 3.40. The van der Waals surface area contributed by atoms with Crippen LogP contribution in [0.1, 0.15) is 15.9 Å². The highest BCUT2D eigenvalue weighted by Crippen LogP contribution is 2.21. The molecule has 4 rings (SSSR count). The zero-order valence-electron chi connectivity index (χ0n) is 16.2.